The molecule has 2 heterocycles. The summed E-state index contributed by atoms with van der Waals surface area (Å²) in [5.74, 6) is 0.385. The van der Waals surface area contributed by atoms with E-state index in [4.69, 9.17) is 4.74 Å². The van der Waals surface area contributed by atoms with Crippen LogP contribution in [-0.4, -0.2) is 33.3 Å². The third kappa shape index (κ3) is 2.25. The van der Waals surface area contributed by atoms with E-state index >= 15 is 0 Å². The zero-order valence-corrected chi connectivity index (χ0v) is 10.4. The largest absolute Gasteiger partial charge is 0.478 e. The normalized spacial score (nSPS) is 11.7. The van der Waals surface area contributed by atoms with Crippen molar-refractivity contribution in [2.75, 3.05) is 7.11 Å². The van der Waals surface area contributed by atoms with Gasteiger partial charge in [0.1, 0.15) is 6.54 Å². The van der Waals surface area contributed by atoms with E-state index in [0.717, 1.165) is 10.4 Å². The number of halogens is 2. The maximum Gasteiger partial charge on any atom is 0.261 e. The van der Waals surface area contributed by atoms with Gasteiger partial charge in [0.15, 0.2) is 11.2 Å². The molecule has 0 aromatic carbocycles. The maximum atomic E-state index is 12.5. The predicted molar refractivity (Wildman–Crippen MR) is 62.0 cm³/mol. The molecule has 0 fully saturated rings. The lowest BCUT2D eigenvalue weighted by atomic mass is 10.1. The minimum Gasteiger partial charge on any atom is -0.478 e. The van der Waals surface area contributed by atoms with Crippen molar-refractivity contribution in [2.24, 2.45) is 0 Å². The summed E-state index contributed by atoms with van der Waals surface area (Å²) in [4.78, 5) is 8.51. The minimum absolute atomic E-state index is 0.169. The molecular formula is C11H14F2N4O. The van der Waals surface area contributed by atoms with Gasteiger partial charge < -0.3 is 4.74 Å². The molecule has 0 saturated carbocycles. The molecule has 0 amide bonds. The summed E-state index contributed by atoms with van der Waals surface area (Å²) in [7, 11) is 1.42. The Morgan fingerprint density at radius 3 is 2.67 bits per heavy atom. The Kier molecular flexibility index (Phi) is 3.40. The summed E-state index contributed by atoms with van der Waals surface area (Å²) < 4.78 is 31.1. The monoisotopic (exact) mass is 256 g/mol. The molecule has 0 aliphatic rings. The van der Waals surface area contributed by atoms with Crippen molar-refractivity contribution in [3.05, 3.63) is 11.9 Å². The van der Waals surface area contributed by atoms with E-state index in [0.29, 0.717) is 11.2 Å². The highest BCUT2D eigenvalue weighted by atomic mass is 19.3. The highest BCUT2D eigenvalue weighted by molar-refractivity contribution is 5.76. The highest BCUT2D eigenvalue weighted by Crippen LogP contribution is 2.23. The van der Waals surface area contributed by atoms with Crippen molar-refractivity contribution in [1.82, 2.24) is 19.7 Å². The van der Waals surface area contributed by atoms with Crippen molar-refractivity contribution >= 4 is 11.2 Å². The van der Waals surface area contributed by atoms with Crippen LogP contribution in [0.15, 0.2) is 6.20 Å². The zero-order chi connectivity index (χ0) is 13.3. The number of hydrogen-bond donors (Lipinski definition) is 0. The maximum absolute atomic E-state index is 12.5. The second-order valence-electron chi connectivity index (χ2n) is 4.20. The van der Waals surface area contributed by atoms with Crippen LogP contribution in [0.3, 0.4) is 0 Å². The Morgan fingerprint density at radius 1 is 1.39 bits per heavy atom. The lowest BCUT2D eigenvalue weighted by Gasteiger charge is -2.05. The summed E-state index contributed by atoms with van der Waals surface area (Å²) >= 11 is 0. The lowest BCUT2D eigenvalue weighted by Crippen LogP contribution is -2.09. The summed E-state index contributed by atoms with van der Waals surface area (Å²) in [6.45, 7) is 3.40. The van der Waals surface area contributed by atoms with Gasteiger partial charge in [0.05, 0.1) is 12.8 Å². The number of nitrogens with zero attached hydrogens (tertiary/aromatic N) is 4. The van der Waals surface area contributed by atoms with Gasteiger partial charge in [0, 0.05) is 6.20 Å². The Labute approximate surface area is 103 Å². The zero-order valence-electron chi connectivity index (χ0n) is 10.4. The third-order valence-electron chi connectivity index (χ3n) is 2.53. The first-order chi connectivity index (χ1) is 8.52. The molecule has 98 valence electrons. The van der Waals surface area contributed by atoms with E-state index in [9.17, 15) is 8.78 Å². The Morgan fingerprint density at radius 2 is 2.11 bits per heavy atom. The molecule has 18 heavy (non-hydrogen) atoms. The summed E-state index contributed by atoms with van der Waals surface area (Å²) in [5.41, 5.74) is 1.47. The van der Waals surface area contributed by atoms with Gasteiger partial charge >= 0.3 is 0 Å². The molecule has 0 saturated heterocycles. The van der Waals surface area contributed by atoms with Crippen LogP contribution in [0.25, 0.3) is 11.2 Å². The number of aromatic nitrogens is 4. The first-order valence-electron chi connectivity index (χ1n) is 5.58. The highest BCUT2D eigenvalue weighted by Gasteiger charge is 2.17. The summed E-state index contributed by atoms with van der Waals surface area (Å²) in [5, 5.41) is 3.94. The van der Waals surface area contributed by atoms with E-state index in [1.807, 2.05) is 13.8 Å². The molecule has 0 aliphatic heterocycles. The number of hydrogen-bond acceptors (Lipinski definition) is 4. The molecule has 2 rings (SSSR count). The van der Waals surface area contributed by atoms with Gasteiger partial charge in [0.25, 0.3) is 12.3 Å². The van der Waals surface area contributed by atoms with E-state index in [-0.39, 0.29) is 11.8 Å². The summed E-state index contributed by atoms with van der Waals surface area (Å²) in [6, 6.07) is 0. The van der Waals surface area contributed by atoms with E-state index in [1.165, 1.54) is 7.11 Å². The van der Waals surface area contributed by atoms with Gasteiger partial charge in [-0.1, -0.05) is 13.8 Å². The lowest BCUT2D eigenvalue weighted by molar-refractivity contribution is 0.122. The topological polar surface area (TPSA) is 52.8 Å². The molecule has 0 bridgehead atoms. The first kappa shape index (κ1) is 12.7. The van der Waals surface area contributed by atoms with Crippen LogP contribution >= 0.6 is 0 Å². The molecule has 0 N–H and O–H groups in total. The molecule has 2 aromatic rings. The van der Waals surface area contributed by atoms with Crippen molar-refractivity contribution < 1.29 is 13.5 Å². The smallest absolute Gasteiger partial charge is 0.261 e. The quantitative estimate of drug-likeness (QED) is 0.841. The second kappa shape index (κ2) is 4.83. The Bertz CT molecular complexity index is 553. The molecular weight excluding hydrogens is 242 g/mol. The molecule has 0 aliphatic carbocycles. The standard InChI is InChI=1S/C11H14F2N4O/c1-6(2)7-4-14-9-10(15-7)17(5-8(12)13)16-11(9)18-3/h4,6,8H,5H2,1-3H3. The predicted octanol–water partition coefficient (Wildman–Crippen LogP) is 2.22. The fourth-order valence-corrected chi connectivity index (χ4v) is 1.60. The SMILES string of the molecule is COc1nn(CC(F)F)c2nc(C(C)C)cnc12. The van der Waals surface area contributed by atoms with Crippen LogP contribution in [0, 0.1) is 0 Å². The van der Waals surface area contributed by atoms with E-state index < -0.39 is 13.0 Å². The number of methoxy groups -OCH3 is 1. The molecule has 2 aromatic heterocycles. The first-order valence-corrected chi connectivity index (χ1v) is 5.58. The van der Waals surface area contributed by atoms with Crippen molar-refractivity contribution in [1.29, 1.82) is 0 Å². The van der Waals surface area contributed by atoms with Gasteiger partial charge in [-0.25, -0.2) is 23.4 Å². The average Bonchev–Trinajstić information content (AvgIpc) is 2.66. The van der Waals surface area contributed by atoms with Crippen LogP contribution in [0.2, 0.25) is 0 Å². The van der Waals surface area contributed by atoms with Crippen LogP contribution in [0.5, 0.6) is 5.88 Å². The number of alkyl halides is 2. The van der Waals surface area contributed by atoms with Gasteiger partial charge in [-0.05, 0) is 5.92 Å². The third-order valence-corrected chi connectivity index (χ3v) is 2.53. The van der Waals surface area contributed by atoms with Gasteiger partial charge in [-0.2, -0.15) is 0 Å². The van der Waals surface area contributed by atoms with Gasteiger partial charge in [0.2, 0.25) is 0 Å². The molecule has 0 spiro atoms. The van der Waals surface area contributed by atoms with Gasteiger partial charge in [-0.15, -0.1) is 5.10 Å². The van der Waals surface area contributed by atoms with Crippen molar-refractivity contribution in [2.45, 2.75) is 32.7 Å². The van der Waals surface area contributed by atoms with Crippen LogP contribution in [0.4, 0.5) is 8.78 Å². The Balaban J connectivity index is 2.58. The van der Waals surface area contributed by atoms with E-state index in [1.54, 1.807) is 6.20 Å². The fraction of sp³-hybridized carbons (Fsp3) is 0.545. The average molecular weight is 256 g/mol. The van der Waals surface area contributed by atoms with E-state index in [2.05, 4.69) is 15.1 Å². The van der Waals surface area contributed by atoms with Crippen LogP contribution in [-0.2, 0) is 6.54 Å². The van der Waals surface area contributed by atoms with Crippen molar-refractivity contribution in [3.63, 3.8) is 0 Å². The number of ether oxygens (including phenoxy) is 1. The molecule has 0 unspecified atom stereocenters. The number of rotatable bonds is 4. The molecule has 0 atom stereocenters. The molecule has 5 nitrogen and oxygen atoms in total. The second-order valence-corrected chi connectivity index (χ2v) is 4.20. The Hall–Kier alpha value is -1.79. The van der Waals surface area contributed by atoms with Crippen LogP contribution < -0.4 is 4.74 Å². The number of fused-ring (bicyclic) bond motifs is 1. The van der Waals surface area contributed by atoms with Crippen LogP contribution in [0.1, 0.15) is 25.5 Å². The minimum atomic E-state index is -2.50. The van der Waals surface area contributed by atoms with Crippen molar-refractivity contribution in [3.8, 4) is 5.88 Å². The molecule has 0 radical (unpaired) electrons. The molecule has 7 heteroatoms. The summed E-state index contributed by atoms with van der Waals surface area (Å²) in [6.07, 6.45) is -0.883. The van der Waals surface area contributed by atoms with Gasteiger partial charge in [-0.3, -0.25) is 0 Å². The fourth-order valence-electron chi connectivity index (χ4n) is 1.60.